The molecule has 1 heterocycles. The van der Waals surface area contributed by atoms with Gasteiger partial charge in [0.2, 0.25) is 0 Å². The van der Waals surface area contributed by atoms with E-state index in [0.29, 0.717) is 19.6 Å². The van der Waals surface area contributed by atoms with E-state index in [1.165, 1.54) is 160 Å². The average molecular weight is 705 g/mol. The van der Waals surface area contributed by atoms with E-state index in [4.69, 9.17) is 14.9 Å². The first-order valence-corrected chi connectivity index (χ1v) is 21.1. The molecule has 0 bridgehead atoms. The predicted octanol–water partition coefficient (Wildman–Crippen LogP) is 12.3. The number of nitrogens with zero attached hydrogens (tertiary/aromatic N) is 2. The normalized spacial score (nSPS) is 12.9. The zero-order chi connectivity index (χ0) is 36.6. The Bertz CT molecular complexity index is 841. The maximum Gasteiger partial charge on any atom is 0.305 e. The van der Waals surface area contributed by atoms with Gasteiger partial charge in [-0.3, -0.25) is 14.6 Å². The quantitative estimate of drug-likeness (QED) is 0.0497. The summed E-state index contributed by atoms with van der Waals surface area (Å²) in [4.78, 5) is 27.7. The highest BCUT2D eigenvalue weighted by molar-refractivity contribution is 5.83. The number of aliphatic carboxylic acids is 2. The molecule has 0 saturated carbocycles. The molecule has 0 saturated heterocycles. The third kappa shape index (κ3) is 37.1. The van der Waals surface area contributed by atoms with E-state index in [2.05, 4.69) is 48.0 Å². The summed E-state index contributed by atoms with van der Waals surface area (Å²) in [6.45, 7) is 8.09. The summed E-state index contributed by atoms with van der Waals surface area (Å²) < 4.78 is 5.40. The SMILES string of the molecule is CCCCCCCC/C=C/CCCCCCCC1=NCCN1CCOCCC(=O)O.CCCCCCCC/C=C\CCCCCCCC(=O)O. The van der Waals surface area contributed by atoms with Crippen LogP contribution in [0.3, 0.4) is 0 Å². The van der Waals surface area contributed by atoms with Crippen LogP contribution in [-0.2, 0) is 14.3 Å². The highest BCUT2D eigenvalue weighted by Crippen LogP contribution is 2.14. The number of rotatable bonds is 36. The third-order valence-corrected chi connectivity index (χ3v) is 9.31. The first kappa shape index (κ1) is 47.8. The van der Waals surface area contributed by atoms with E-state index in [9.17, 15) is 9.59 Å². The molecule has 0 amide bonds. The van der Waals surface area contributed by atoms with Gasteiger partial charge in [-0.1, -0.05) is 141 Å². The number of hydrogen-bond acceptors (Lipinski definition) is 5. The number of carboxylic acid groups (broad SMARTS) is 2. The summed E-state index contributed by atoms with van der Waals surface area (Å²) in [5.74, 6) is -0.250. The summed E-state index contributed by atoms with van der Waals surface area (Å²) in [7, 11) is 0. The number of hydrogen-bond donors (Lipinski definition) is 2. The van der Waals surface area contributed by atoms with E-state index in [1.807, 2.05) is 0 Å². The molecule has 2 N–H and O–H groups in total. The number of unbranched alkanes of at least 4 members (excludes halogenated alkanes) is 22. The zero-order valence-corrected chi connectivity index (χ0v) is 32.9. The fraction of sp³-hybridized carbons (Fsp3) is 0.837. The third-order valence-electron chi connectivity index (χ3n) is 9.31. The van der Waals surface area contributed by atoms with Gasteiger partial charge >= 0.3 is 11.9 Å². The van der Waals surface area contributed by atoms with Crippen LogP contribution in [0.1, 0.15) is 200 Å². The molecular formula is C43H80N2O5. The predicted molar refractivity (Wildman–Crippen MR) is 213 cm³/mol. The molecule has 0 aromatic carbocycles. The minimum Gasteiger partial charge on any atom is -0.481 e. The van der Waals surface area contributed by atoms with Crippen LogP contribution in [0.5, 0.6) is 0 Å². The van der Waals surface area contributed by atoms with Gasteiger partial charge in [0.1, 0.15) is 0 Å². The van der Waals surface area contributed by atoms with Crippen molar-refractivity contribution in [2.24, 2.45) is 4.99 Å². The number of aliphatic imine (C=N–C) groups is 1. The smallest absolute Gasteiger partial charge is 0.305 e. The fourth-order valence-corrected chi connectivity index (χ4v) is 6.14. The molecule has 0 aliphatic carbocycles. The lowest BCUT2D eigenvalue weighted by molar-refractivity contribution is -0.138. The number of ether oxygens (including phenoxy) is 1. The van der Waals surface area contributed by atoms with Gasteiger partial charge in [-0.25, -0.2) is 0 Å². The molecule has 0 unspecified atom stereocenters. The Kier molecular flexibility index (Phi) is 37.9. The molecule has 0 aromatic rings. The molecule has 1 aliphatic rings. The largest absolute Gasteiger partial charge is 0.481 e. The lowest BCUT2D eigenvalue weighted by Gasteiger charge is -2.20. The Balaban J connectivity index is 0.00000105. The summed E-state index contributed by atoms with van der Waals surface area (Å²) in [5, 5.41) is 17.1. The number of carboxylic acids is 2. The molecule has 1 aliphatic heterocycles. The van der Waals surface area contributed by atoms with Crippen LogP contribution in [0.4, 0.5) is 0 Å². The van der Waals surface area contributed by atoms with Gasteiger partial charge in [-0.15, -0.1) is 0 Å². The van der Waals surface area contributed by atoms with Gasteiger partial charge in [0.25, 0.3) is 0 Å². The van der Waals surface area contributed by atoms with E-state index in [-0.39, 0.29) is 6.42 Å². The molecule has 0 spiro atoms. The second-order valence-corrected chi connectivity index (χ2v) is 14.1. The first-order valence-electron chi connectivity index (χ1n) is 21.1. The van der Waals surface area contributed by atoms with Crippen molar-refractivity contribution in [2.45, 2.75) is 200 Å². The van der Waals surface area contributed by atoms with Crippen LogP contribution in [0.2, 0.25) is 0 Å². The highest BCUT2D eigenvalue weighted by Gasteiger charge is 2.15. The number of amidine groups is 1. The van der Waals surface area contributed by atoms with Gasteiger partial charge in [0.15, 0.2) is 0 Å². The Hall–Kier alpha value is -2.15. The topological polar surface area (TPSA) is 99.4 Å². The van der Waals surface area contributed by atoms with E-state index < -0.39 is 11.9 Å². The van der Waals surface area contributed by atoms with Gasteiger partial charge < -0.3 is 19.8 Å². The molecule has 0 atom stereocenters. The molecule has 0 fully saturated rings. The van der Waals surface area contributed by atoms with Gasteiger partial charge in [0, 0.05) is 25.9 Å². The van der Waals surface area contributed by atoms with Crippen molar-refractivity contribution < 1.29 is 24.5 Å². The van der Waals surface area contributed by atoms with Crippen molar-refractivity contribution in [2.75, 3.05) is 32.8 Å². The maximum atomic E-state index is 10.5. The van der Waals surface area contributed by atoms with Crippen molar-refractivity contribution in [3.63, 3.8) is 0 Å². The van der Waals surface area contributed by atoms with Gasteiger partial charge in [-0.05, 0) is 64.2 Å². The minimum absolute atomic E-state index is 0.0792. The molecule has 0 aromatic heterocycles. The van der Waals surface area contributed by atoms with E-state index in [0.717, 1.165) is 38.9 Å². The summed E-state index contributed by atoms with van der Waals surface area (Å²) in [5.41, 5.74) is 0. The average Bonchev–Trinajstić information content (AvgIpc) is 3.55. The van der Waals surface area contributed by atoms with Crippen molar-refractivity contribution in [1.82, 2.24) is 4.90 Å². The van der Waals surface area contributed by atoms with Crippen LogP contribution >= 0.6 is 0 Å². The van der Waals surface area contributed by atoms with Crippen LogP contribution in [0.15, 0.2) is 29.3 Å². The zero-order valence-electron chi connectivity index (χ0n) is 32.9. The Morgan fingerprint density at radius 3 is 1.46 bits per heavy atom. The minimum atomic E-state index is -0.803. The standard InChI is InChI=1S/C25H46N2O3.C18H34O2/c1-2-3-4-5-6-7-8-9-10-11-12-13-14-15-16-17-24-26-19-20-27(24)21-23-30-22-18-25(28)29;1-2-3-4-5-6-7-8-9-10-11-12-13-14-15-16-17-18(19)20/h9-10H,2-8,11-23H2,1H3,(H,28,29);9-10H,2-8,11-17H2,1H3,(H,19,20)/b10-9+;10-9-. The molecule has 50 heavy (non-hydrogen) atoms. The molecule has 7 nitrogen and oxygen atoms in total. The number of allylic oxidation sites excluding steroid dienone is 4. The summed E-state index contributed by atoms with van der Waals surface area (Å²) in [6, 6.07) is 0. The van der Waals surface area contributed by atoms with Crippen molar-refractivity contribution in [1.29, 1.82) is 0 Å². The maximum absolute atomic E-state index is 10.5. The summed E-state index contributed by atoms with van der Waals surface area (Å²) in [6.07, 6.45) is 44.4. The first-order chi connectivity index (χ1) is 24.5. The second kappa shape index (κ2) is 39.6. The second-order valence-electron chi connectivity index (χ2n) is 14.1. The molecule has 0 radical (unpaired) electrons. The lowest BCUT2D eigenvalue weighted by atomic mass is 10.1. The van der Waals surface area contributed by atoms with Crippen molar-refractivity contribution in [3.05, 3.63) is 24.3 Å². The monoisotopic (exact) mass is 705 g/mol. The Labute approximate surface area is 308 Å². The van der Waals surface area contributed by atoms with E-state index in [1.54, 1.807) is 0 Å². The molecule has 1 rings (SSSR count). The van der Waals surface area contributed by atoms with Crippen molar-refractivity contribution >= 4 is 17.8 Å². The van der Waals surface area contributed by atoms with Crippen LogP contribution in [-0.4, -0.2) is 65.7 Å². The van der Waals surface area contributed by atoms with Crippen molar-refractivity contribution in [3.8, 4) is 0 Å². The molecule has 292 valence electrons. The van der Waals surface area contributed by atoms with Gasteiger partial charge in [0.05, 0.1) is 32.0 Å². The lowest BCUT2D eigenvalue weighted by Crippen LogP contribution is -2.31. The Morgan fingerprint density at radius 2 is 1.00 bits per heavy atom. The fourth-order valence-electron chi connectivity index (χ4n) is 6.14. The van der Waals surface area contributed by atoms with Crippen LogP contribution in [0.25, 0.3) is 0 Å². The highest BCUT2D eigenvalue weighted by atomic mass is 16.5. The molecule has 7 heteroatoms. The number of carbonyl (C=O) groups is 2. The Morgan fingerprint density at radius 1 is 0.580 bits per heavy atom. The van der Waals surface area contributed by atoms with Gasteiger partial charge in [-0.2, -0.15) is 0 Å². The van der Waals surface area contributed by atoms with E-state index >= 15 is 0 Å². The molecular weight excluding hydrogens is 624 g/mol. The van der Waals surface area contributed by atoms with Crippen LogP contribution < -0.4 is 0 Å². The summed E-state index contributed by atoms with van der Waals surface area (Å²) >= 11 is 0. The van der Waals surface area contributed by atoms with Crippen LogP contribution in [0, 0.1) is 0 Å².